The largest absolute Gasteiger partial charge is 0.288 e. The van der Waals surface area contributed by atoms with Gasteiger partial charge in [0, 0.05) is 6.20 Å². The fourth-order valence-electron chi connectivity index (χ4n) is 0.684. The number of fused-ring (bicyclic) bond motifs is 1. The third-order valence-corrected chi connectivity index (χ3v) is 1.10. The number of rotatable bonds is 0. The summed E-state index contributed by atoms with van der Waals surface area (Å²) >= 11 is 0. The van der Waals surface area contributed by atoms with Crippen LogP contribution in [0.1, 0.15) is 0 Å². The van der Waals surface area contributed by atoms with Crippen molar-refractivity contribution >= 4 is 5.65 Å². The van der Waals surface area contributed by atoms with Crippen molar-refractivity contribution in [2.75, 3.05) is 0 Å². The Kier molecular flexibility index (Phi) is 0.745. The van der Waals surface area contributed by atoms with Crippen molar-refractivity contribution < 1.29 is 0 Å². The van der Waals surface area contributed by atoms with Gasteiger partial charge >= 0.3 is 0 Å². The molecule has 0 aromatic carbocycles. The summed E-state index contributed by atoms with van der Waals surface area (Å²) in [4.78, 5) is 3.86. The molecule has 4 heteroatoms. The first kappa shape index (κ1) is 4.43. The van der Waals surface area contributed by atoms with E-state index >= 15 is 0 Å². The summed E-state index contributed by atoms with van der Waals surface area (Å²) < 4.78 is 1.80. The van der Waals surface area contributed by atoms with Gasteiger partial charge in [-0.15, -0.1) is 5.10 Å². The molecular weight excluding hydrogens is 116 g/mol. The molecule has 0 aliphatic rings. The number of aromatic nitrogens is 4. The average Bonchev–Trinajstić information content (AvgIpc) is 2.33. The Hall–Kier alpha value is -1.45. The highest BCUT2D eigenvalue weighted by molar-refractivity contribution is 5.31. The molecule has 0 bridgehead atoms. The van der Waals surface area contributed by atoms with Crippen LogP contribution < -0.4 is 0 Å². The van der Waals surface area contributed by atoms with E-state index in [1.807, 2.05) is 0 Å². The van der Waals surface area contributed by atoms with Crippen molar-refractivity contribution in [1.29, 1.82) is 0 Å². The molecule has 0 N–H and O–H groups in total. The van der Waals surface area contributed by atoms with Gasteiger partial charge in [-0.05, 0) is 0 Å². The molecule has 2 aromatic heterocycles. The topological polar surface area (TPSA) is 43.1 Å². The van der Waals surface area contributed by atoms with Crippen molar-refractivity contribution in [3.05, 3.63) is 24.9 Å². The smallest absolute Gasteiger partial charge is 0.179 e. The van der Waals surface area contributed by atoms with Crippen LogP contribution in [0.5, 0.6) is 0 Å². The Morgan fingerprint density at radius 2 is 2.44 bits per heavy atom. The van der Waals surface area contributed by atoms with Gasteiger partial charge in [0.25, 0.3) is 0 Å². The second kappa shape index (κ2) is 1.51. The van der Waals surface area contributed by atoms with E-state index in [0.717, 1.165) is 5.65 Å². The molecule has 2 heterocycles. The lowest BCUT2D eigenvalue weighted by atomic mass is 10.8. The van der Waals surface area contributed by atoms with Crippen LogP contribution in [0.15, 0.2) is 24.9 Å². The number of nitrogens with zero attached hydrogens (tertiary/aromatic N) is 4. The lowest BCUT2D eigenvalue weighted by Crippen LogP contribution is -1.85. The second-order valence-corrected chi connectivity index (χ2v) is 1.67. The predicted octanol–water partition coefficient (Wildman–Crippen LogP) is 0.124. The number of hydrogen-bond acceptors (Lipinski definition) is 3. The van der Waals surface area contributed by atoms with Gasteiger partial charge in [-0.1, -0.05) is 0 Å². The Labute approximate surface area is 51.2 Å². The number of imidazole rings is 1. The summed E-state index contributed by atoms with van der Waals surface area (Å²) in [5, 5.41) is 7.47. The van der Waals surface area contributed by atoms with Gasteiger partial charge in [0.2, 0.25) is 0 Å². The van der Waals surface area contributed by atoms with Crippen molar-refractivity contribution in [2.45, 2.75) is 0 Å². The lowest BCUT2D eigenvalue weighted by molar-refractivity contribution is 0.980. The standard InChI is InChI=1S/C5H4N4/c1-2-9-4-6-3-5(9)8-7-1/h1-4H. The highest BCUT2D eigenvalue weighted by Crippen LogP contribution is 1.91. The molecule has 0 aliphatic heterocycles. The average molecular weight is 120 g/mol. The molecule has 0 saturated carbocycles. The van der Waals surface area contributed by atoms with Gasteiger partial charge in [0.05, 0.1) is 12.4 Å². The van der Waals surface area contributed by atoms with E-state index < -0.39 is 0 Å². The Bertz CT molecular complexity index is 283. The van der Waals surface area contributed by atoms with E-state index in [1.54, 1.807) is 29.3 Å². The maximum atomic E-state index is 3.86. The molecule has 0 spiro atoms. The summed E-state index contributed by atoms with van der Waals surface area (Å²) in [5.41, 5.74) is 0.775. The zero-order valence-electron chi connectivity index (χ0n) is 4.60. The van der Waals surface area contributed by atoms with Crippen LogP contribution in [-0.4, -0.2) is 19.6 Å². The third-order valence-electron chi connectivity index (χ3n) is 1.10. The van der Waals surface area contributed by atoms with Crippen LogP contribution in [0.3, 0.4) is 0 Å². The fraction of sp³-hybridized carbons (Fsp3) is 0. The van der Waals surface area contributed by atoms with Crippen molar-refractivity contribution in [3.8, 4) is 0 Å². The summed E-state index contributed by atoms with van der Waals surface area (Å²) in [6.45, 7) is 0. The fourth-order valence-corrected chi connectivity index (χ4v) is 0.684. The van der Waals surface area contributed by atoms with Crippen LogP contribution in [0.4, 0.5) is 0 Å². The summed E-state index contributed by atoms with van der Waals surface area (Å²) in [6, 6.07) is 0. The molecular formula is C5H4N4. The van der Waals surface area contributed by atoms with Gasteiger partial charge in [-0.2, -0.15) is 5.10 Å². The predicted molar refractivity (Wildman–Crippen MR) is 30.8 cm³/mol. The lowest BCUT2D eigenvalue weighted by Gasteiger charge is -1.84. The Balaban J connectivity index is 2.95. The van der Waals surface area contributed by atoms with E-state index in [-0.39, 0.29) is 0 Å². The molecule has 44 valence electrons. The maximum absolute atomic E-state index is 3.86. The first-order valence-electron chi connectivity index (χ1n) is 2.56. The normalized spacial score (nSPS) is 10.2. The SMILES string of the molecule is c1cn2cncc2nn1. The van der Waals surface area contributed by atoms with Gasteiger partial charge in [-0.25, -0.2) is 4.98 Å². The molecule has 0 atom stereocenters. The minimum atomic E-state index is 0.775. The molecule has 0 radical (unpaired) electrons. The maximum Gasteiger partial charge on any atom is 0.179 e. The van der Waals surface area contributed by atoms with E-state index in [9.17, 15) is 0 Å². The van der Waals surface area contributed by atoms with Gasteiger partial charge in [0.15, 0.2) is 5.65 Å². The summed E-state index contributed by atoms with van der Waals surface area (Å²) in [6.07, 6.45) is 6.76. The molecule has 4 nitrogen and oxygen atoms in total. The summed E-state index contributed by atoms with van der Waals surface area (Å²) in [5.74, 6) is 0. The van der Waals surface area contributed by atoms with E-state index in [0.29, 0.717) is 0 Å². The molecule has 9 heavy (non-hydrogen) atoms. The van der Waals surface area contributed by atoms with E-state index in [2.05, 4.69) is 15.2 Å². The summed E-state index contributed by atoms with van der Waals surface area (Å²) in [7, 11) is 0. The van der Waals surface area contributed by atoms with Crippen LogP contribution in [0.25, 0.3) is 5.65 Å². The highest BCUT2D eigenvalue weighted by Gasteiger charge is 1.88. The Morgan fingerprint density at radius 3 is 3.33 bits per heavy atom. The minimum absolute atomic E-state index is 0.775. The van der Waals surface area contributed by atoms with Crippen LogP contribution >= 0.6 is 0 Å². The molecule has 0 amide bonds. The van der Waals surface area contributed by atoms with E-state index in [4.69, 9.17) is 0 Å². The van der Waals surface area contributed by atoms with Crippen molar-refractivity contribution in [3.63, 3.8) is 0 Å². The quantitative estimate of drug-likeness (QED) is 0.496. The monoisotopic (exact) mass is 120 g/mol. The van der Waals surface area contributed by atoms with Gasteiger partial charge in [-0.3, -0.25) is 4.40 Å². The second-order valence-electron chi connectivity index (χ2n) is 1.67. The zero-order chi connectivity index (χ0) is 6.10. The first-order valence-corrected chi connectivity index (χ1v) is 2.56. The van der Waals surface area contributed by atoms with Gasteiger partial charge in [0.1, 0.15) is 6.33 Å². The molecule has 2 aromatic rings. The molecule has 2 rings (SSSR count). The molecule has 0 unspecified atom stereocenters. The zero-order valence-corrected chi connectivity index (χ0v) is 4.60. The number of hydrogen-bond donors (Lipinski definition) is 0. The van der Waals surface area contributed by atoms with E-state index in [1.165, 1.54) is 0 Å². The highest BCUT2D eigenvalue weighted by atomic mass is 15.2. The van der Waals surface area contributed by atoms with Crippen molar-refractivity contribution in [1.82, 2.24) is 19.6 Å². The minimum Gasteiger partial charge on any atom is -0.288 e. The van der Waals surface area contributed by atoms with Crippen LogP contribution in [-0.2, 0) is 0 Å². The third kappa shape index (κ3) is 0.561. The molecule has 0 aliphatic carbocycles. The molecule has 0 saturated heterocycles. The van der Waals surface area contributed by atoms with Crippen molar-refractivity contribution in [2.24, 2.45) is 0 Å². The first-order chi connectivity index (χ1) is 4.47. The Morgan fingerprint density at radius 1 is 1.44 bits per heavy atom. The van der Waals surface area contributed by atoms with Gasteiger partial charge < -0.3 is 0 Å². The molecule has 0 fully saturated rings. The van der Waals surface area contributed by atoms with Crippen LogP contribution in [0.2, 0.25) is 0 Å². The van der Waals surface area contributed by atoms with Crippen LogP contribution in [0, 0.1) is 0 Å².